The van der Waals surface area contributed by atoms with E-state index in [1.54, 1.807) is 17.1 Å². The van der Waals surface area contributed by atoms with Gasteiger partial charge in [0.1, 0.15) is 5.65 Å². The average molecular weight is 338 g/mol. The normalized spacial score (nSPS) is 15.6. The number of pyridine rings is 1. The van der Waals surface area contributed by atoms with Crippen molar-refractivity contribution in [3.63, 3.8) is 0 Å². The van der Waals surface area contributed by atoms with E-state index in [9.17, 15) is 4.79 Å². The number of urea groups is 1. The number of aryl methyl sites for hydroxylation is 1. The molecule has 0 spiro atoms. The summed E-state index contributed by atoms with van der Waals surface area (Å²) in [5.41, 5.74) is 3.27. The van der Waals surface area contributed by atoms with Crippen molar-refractivity contribution in [2.75, 3.05) is 13.1 Å². The van der Waals surface area contributed by atoms with E-state index in [0.717, 1.165) is 37.1 Å². The Kier molecular flexibility index (Phi) is 4.13. The minimum absolute atomic E-state index is 0.00268. The molecular weight excluding hydrogens is 316 g/mol. The van der Waals surface area contributed by atoms with Gasteiger partial charge >= 0.3 is 6.03 Å². The van der Waals surface area contributed by atoms with Crippen LogP contribution >= 0.6 is 0 Å². The van der Waals surface area contributed by atoms with Crippen molar-refractivity contribution in [1.82, 2.24) is 30.0 Å². The number of amides is 2. The number of H-pyrrole nitrogens is 1. The number of aromatic amines is 1. The first kappa shape index (κ1) is 15.7. The van der Waals surface area contributed by atoms with Crippen molar-refractivity contribution in [3.05, 3.63) is 48.0 Å². The molecule has 130 valence electrons. The van der Waals surface area contributed by atoms with Gasteiger partial charge in [0.05, 0.1) is 6.20 Å². The number of hydrogen-bond acceptors (Lipinski definition) is 3. The highest BCUT2D eigenvalue weighted by molar-refractivity contribution is 5.80. The van der Waals surface area contributed by atoms with E-state index in [4.69, 9.17) is 0 Å². The van der Waals surface area contributed by atoms with Crippen molar-refractivity contribution in [1.29, 1.82) is 0 Å². The van der Waals surface area contributed by atoms with Gasteiger partial charge in [-0.2, -0.15) is 5.10 Å². The Labute approximate surface area is 146 Å². The molecule has 1 aliphatic heterocycles. The fraction of sp³-hybridized carbons (Fsp3) is 0.389. The number of nitrogens with one attached hydrogen (secondary N) is 2. The summed E-state index contributed by atoms with van der Waals surface area (Å²) in [4.78, 5) is 21.9. The Morgan fingerprint density at radius 3 is 3.00 bits per heavy atom. The van der Waals surface area contributed by atoms with Gasteiger partial charge in [0, 0.05) is 56.2 Å². The van der Waals surface area contributed by atoms with Gasteiger partial charge in [0.15, 0.2) is 0 Å². The number of carbonyl (C=O) groups excluding carboxylic acids is 1. The van der Waals surface area contributed by atoms with Gasteiger partial charge in [-0.15, -0.1) is 0 Å². The standard InChI is InChI=1S/C18H22N6O/c1-23-12-13(10-22-23)9-21-18(25)24-7-4-14(5-8-24)16-11-20-17-15(16)3-2-6-19-17/h2-3,6,10-12,14H,4-5,7-9H2,1H3,(H,19,20)(H,21,25). The van der Waals surface area contributed by atoms with Gasteiger partial charge in [0.25, 0.3) is 0 Å². The van der Waals surface area contributed by atoms with Crippen LogP contribution in [0.5, 0.6) is 0 Å². The predicted molar refractivity (Wildman–Crippen MR) is 95.1 cm³/mol. The Morgan fingerprint density at radius 2 is 2.24 bits per heavy atom. The number of aromatic nitrogens is 4. The van der Waals surface area contributed by atoms with Crippen LogP contribution in [0, 0.1) is 0 Å². The summed E-state index contributed by atoms with van der Waals surface area (Å²) in [7, 11) is 1.87. The van der Waals surface area contributed by atoms with Gasteiger partial charge in [-0.1, -0.05) is 0 Å². The third-order valence-electron chi connectivity index (χ3n) is 4.91. The molecule has 1 aliphatic rings. The second kappa shape index (κ2) is 6.58. The van der Waals surface area contributed by atoms with Gasteiger partial charge in [-0.05, 0) is 36.5 Å². The van der Waals surface area contributed by atoms with Gasteiger partial charge in [0.2, 0.25) is 0 Å². The minimum atomic E-state index is 0.00268. The lowest BCUT2D eigenvalue weighted by molar-refractivity contribution is 0.181. The fourth-order valence-corrected chi connectivity index (χ4v) is 3.56. The van der Waals surface area contributed by atoms with Crippen LogP contribution in [0.15, 0.2) is 36.9 Å². The maximum Gasteiger partial charge on any atom is 0.317 e. The molecule has 7 nitrogen and oxygen atoms in total. The second-order valence-corrected chi connectivity index (χ2v) is 6.59. The van der Waals surface area contributed by atoms with Crippen LogP contribution in [0.1, 0.15) is 29.9 Å². The fourth-order valence-electron chi connectivity index (χ4n) is 3.56. The Hall–Kier alpha value is -2.83. The molecule has 0 aliphatic carbocycles. The quantitative estimate of drug-likeness (QED) is 0.769. The molecule has 0 unspecified atom stereocenters. The third kappa shape index (κ3) is 3.22. The maximum absolute atomic E-state index is 12.4. The van der Waals surface area contributed by atoms with Gasteiger partial charge in [-0.3, -0.25) is 4.68 Å². The van der Waals surface area contributed by atoms with Crippen molar-refractivity contribution < 1.29 is 4.79 Å². The third-order valence-corrected chi connectivity index (χ3v) is 4.91. The van der Waals surface area contributed by atoms with Gasteiger partial charge < -0.3 is 15.2 Å². The molecule has 0 bridgehead atoms. The molecule has 2 amide bonds. The number of rotatable bonds is 3. The monoisotopic (exact) mass is 338 g/mol. The summed E-state index contributed by atoms with van der Waals surface area (Å²) in [5.74, 6) is 0.473. The molecular formula is C18H22N6O. The molecule has 3 aromatic heterocycles. The zero-order valence-corrected chi connectivity index (χ0v) is 14.3. The van der Waals surface area contributed by atoms with Crippen molar-refractivity contribution in [2.24, 2.45) is 7.05 Å². The zero-order chi connectivity index (χ0) is 17.2. The molecule has 1 saturated heterocycles. The molecule has 4 rings (SSSR count). The number of nitrogens with zero attached hydrogens (tertiary/aromatic N) is 4. The molecule has 1 fully saturated rings. The van der Waals surface area contributed by atoms with Crippen molar-refractivity contribution in [2.45, 2.75) is 25.3 Å². The Bertz CT molecular complexity index is 874. The molecule has 2 N–H and O–H groups in total. The summed E-state index contributed by atoms with van der Waals surface area (Å²) in [6.07, 6.45) is 9.51. The summed E-state index contributed by atoms with van der Waals surface area (Å²) in [5, 5.41) is 8.29. The Morgan fingerprint density at radius 1 is 1.40 bits per heavy atom. The lowest BCUT2D eigenvalue weighted by atomic mass is 9.89. The predicted octanol–water partition coefficient (Wildman–Crippen LogP) is 2.39. The highest BCUT2D eigenvalue weighted by Gasteiger charge is 2.25. The molecule has 0 aromatic carbocycles. The topological polar surface area (TPSA) is 78.8 Å². The van der Waals surface area contributed by atoms with Crippen LogP contribution in [0.3, 0.4) is 0 Å². The SMILES string of the molecule is Cn1cc(CNC(=O)N2CCC(c3c[nH]c4ncccc34)CC2)cn1. The maximum atomic E-state index is 12.4. The first-order chi connectivity index (χ1) is 12.2. The molecule has 25 heavy (non-hydrogen) atoms. The van der Waals surface area contributed by atoms with Crippen LogP contribution in [0.25, 0.3) is 11.0 Å². The molecule has 4 heterocycles. The number of piperidine rings is 1. The lowest BCUT2D eigenvalue weighted by Crippen LogP contribution is -2.43. The summed E-state index contributed by atoms with van der Waals surface area (Å²) >= 11 is 0. The smallest absolute Gasteiger partial charge is 0.317 e. The first-order valence-corrected chi connectivity index (χ1v) is 8.63. The molecule has 0 radical (unpaired) electrons. The summed E-state index contributed by atoms with van der Waals surface area (Å²) in [6.45, 7) is 2.06. The van der Waals surface area contributed by atoms with E-state index in [0.29, 0.717) is 12.5 Å². The van der Waals surface area contributed by atoms with E-state index in [-0.39, 0.29) is 6.03 Å². The van der Waals surface area contributed by atoms with Crippen molar-refractivity contribution >= 4 is 17.1 Å². The van der Waals surface area contributed by atoms with Crippen LogP contribution in [0.4, 0.5) is 4.79 Å². The van der Waals surface area contributed by atoms with E-state index in [2.05, 4.69) is 32.6 Å². The van der Waals surface area contributed by atoms with E-state index < -0.39 is 0 Å². The van der Waals surface area contributed by atoms with Crippen LogP contribution in [-0.2, 0) is 13.6 Å². The van der Waals surface area contributed by atoms with Crippen LogP contribution in [-0.4, -0.2) is 43.8 Å². The molecule has 3 aromatic rings. The summed E-state index contributed by atoms with van der Waals surface area (Å²) < 4.78 is 1.74. The minimum Gasteiger partial charge on any atom is -0.346 e. The first-order valence-electron chi connectivity index (χ1n) is 8.63. The molecule has 0 saturated carbocycles. The number of fused-ring (bicyclic) bond motifs is 1. The average Bonchev–Trinajstić information content (AvgIpc) is 3.26. The Balaban J connectivity index is 1.34. The number of hydrogen-bond donors (Lipinski definition) is 2. The highest BCUT2D eigenvalue weighted by atomic mass is 16.2. The van der Waals surface area contributed by atoms with Crippen molar-refractivity contribution in [3.8, 4) is 0 Å². The van der Waals surface area contributed by atoms with Gasteiger partial charge in [-0.25, -0.2) is 9.78 Å². The lowest BCUT2D eigenvalue weighted by Gasteiger charge is -2.32. The van der Waals surface area contributed by atoms with Crippen LogP contribution < -0.4 is 5.32 Å². The van der Waals surface area contributed by atoms with Crippen LogP contribution in [0.2, 0.25) is 0 Å². The zero-order valence-electron chi connectivity index (χ0n) is 14.3. The number of likely N-dealkylation sites (tertiary alicyclic amines) is 1. The molecule has 7 heteroatoms. The van der Waals surface area contributed by atoms with E-state index in [1.807, 2.05) is 24.2 Å². The highest BCUT2D eigenvalue weighted by Crippen LogP contribution is 2.32. The molecule has 0 atom stereocenters. The summed E-state index contributed by atoms with van der Waals surface area (Å²) in [6, 6.07) is 4.09. The van der Waals surface area contributed by atoms with E-state index >= 15 is 0 Å². The number of carbonyl (C=O) groups is 1. The largest absolute Gasteiger partial charge is 0.346 e. The van der Waals surface area contributed by atoms with E-state index in [1.165, 1.54) is 10.9 Å². The second-order valence-electron chi connectivity index (χ2n) is 6.59.